The molecule has 0 radical (unpaired) electrons. The highest BCUT2D eigenvalue weighted by atomic mass is 127. The van der Waals surface area contributed by atoms with Crippen molar-refractivity contribution in [1.82, 2.24) is 0 Å². The van der Waals surface area contributed by atoms with Crippen LogP contribution in [0.2, 0.25) is 0 Å². The fourth-order valence-electron chi connectivity index (χ4n) is 1.39. The first-order valence-electron chi connectivity index (χ1n) is 4.06. The van der Waals surface area contributed by atoms with E-state index in [2.05, 4.69) is 34.0 Å². The van der Waals surface area contributed by atoms with Gasteiger partial charge in [-0.25, -0.2) is 0 Å². The van der Waals surface area contributed by atoms with Crippen LogP contribution in [0, 0.1) is 3.57 Å². The average molecular weight is 339 g/mol. The van der Waals surface area contributed by atoms with E-state index in [1.165, 1.54) is 15.6 Å². The van der Waals surface area contributed by atoms with E-state index >= 15 is 0 Å². The Balaban J connectivity index is 2.77. The number of ether oxygens (including phenoxy) is 1. The summed E-state index contributed by atoms with van der Waals surface area (Å²) < 4.78 is 7.70. The van der Waals surface area contributed by atoms with Crippen LogP contribution in [-0.2, 0) is 5.88 Å². The summed E-state index contributed by atoms with van der Waals surface area (Å²) in [5, 5.41) is 3.35. The number of hydrogen-bond acceptors (Lipinski definition) is 2. The summed E-state index contributed by atoms with van der Waals surface area (Å²) in [6.07, 6.45) is 0. The first-order valence-corrected chi connectivity index (χ1v) is 6.55. The van der Waals surface area contributed by atoms with Gasteiger partial charge in [0.2, 0.25) is 0 Å². The largest absolute Gasteiger partial charge is 0.496 e. The van der Waals surface area contributed by atoms with Gasteiger partial charge in [-0.3, -0.25) is 0 Å². The van der Waals surface area contributed by atoms with Crippen LogP contribution in [0.5, 0.6) is 5.75 Å². The maximum atomic E-state index is 5.88. The van der Waals surface area contributed by atoms with Gasteiger partial charge in [-0.15, -0.1) is 22.9 Å². The highest BCUT2D eigenvalue weighted by Crippen LogP contribution is 2.35. The second-order valence-electron chi connectivity index (χ2n) is 2.85. The van der Waals surface area contributed by atoms with Crippen molar-refractivity contribution in [2.24, 2.45) is 0 Å². The van der Waals surface area contributed by atoms with Crippen LogP contribution >= 0.6 is 45.5 Å². The zero-order chi connectivity index (χ0) is 10.1. The monoisotopic (exact) mass is 338 g/mol. The second-order valence-corrected chi connectivity index (χ2v) is 5.11. The molecule has 2 rings (SSSR count). The maximum Gasteiger partial charge on any atom is 0.132 e. The molecule has 1 heterocycles. The standard InChI is InChI=1S/C10H8ClIOS/c1-13-7-2-3-8-9(10(7)12)6(4-11)5-14-8/h2-3,5H,4H2,1H3. The number of rotatable bonds is 2. The van der Waals surface area contributed by atoms with Gasteiger partial charge in [-0.2, -0.15) is 0 Å². The normalized spacial score (nSPS) is 10.8. The molecule has 1 aromatic carbocycles. The molecule has 0 amide bonds. The third kappa shape index (κ3) is 1.61. The number of hydrogen-bond donors (Lipinski definition) is 0. The zero-order valence-electron chi connectivity index (χ0n) is 7.51. The number of methoxy groups -OCH3 is 1. The van der Waals surface area contributed by atoms with Crippen molar-refractivity contribution >= 4 is 55.6 Å². The van der Waals surface area contributed by atoms with E-state index in [1.807, 2.05) is 6.07 Å². The molecule has 0 aliphatic carbocycles. The Morgan fingerprint density at radius 2 is 2.29 bits per heavy atom. The van der Waals surface area contributed by atoms with E-state index in [-0.39, 0.29) is 0 Å². The SMILES string of the molecule is COc1ccc2scc(CCl)c2c1I. The number of thiophene rings is 1. The number of fused-ring (bicyclic) bond motifs is 1. The van der Waals surface area contributed by atoms with Crippen LogP contribution in [0.25, 0.3) is 10.1 Å². The molecule has 0 spiro atoms. The molecule has 0 saturated heterocycles. The molecule has 0 saturated carbocycles. The maximum absolute atomic E-state index is 5.88. The van der Waals surface area contributed by atoms with Crippen molar-refractivity contribution in [3.63, 3.8) is 0 Å². The van der Waals surface area contributed by atoms with E-state index in [1.54, 1.807) is 18.4 Å². The molecule has 74 valence electrons. The molecule has 0 bridgehead atoms. The minimum atomic E-state index is 0.559. The van der Waals surface area contributed by atoms with Crippen molar-refractivity contribution in [2.75, 3.05) is 7.11 Å². The fraction of sp³-hybridized carbons (Fsp3) is 0.200. The number of alkyl halides is 1. The molecular weight excluding hydrogens is 331 g/mol. The van der Waals surface area contributed by atoms with E-state index in [0.717, 1.165) is 9.32 Å². The van der Waals surface area contributed by atoms with Gasteiger partial charge in [0.1, 0.15) is 5.75 Å². The summed E-state index contributed by atoms with van der Waals surface area (Å²) in [6.45, 7) is 0. The summed E-state index contributed by atoms with van der Waals surface area (Å²) in [6, 6.07) is 4.08. The molecule has 0 unspecified atom stereocenters. The molecule has 4 heteroatoms. The van der Waals surface area contributed by atoms with Crippen LogP contribution in [0.3, 0.4) is 0 Å². The molecule has 0 aliphatic heterocycles. The van der Waals surface area contributed by atoms with Gasteiger partial charge in [-0.05, 0) is 45.7 Å². The van der Waals surface area contributed by atoms with E-state index in [9.17, 15) is 0 Å². The predicted molar refractivity (Wildman–Crippen MR) is 70.7 cm³/mol. The first kappa shape index (κ1) is 10.5. The molecular formula is C10H8ClIOS. The Hall–Kier alpha value is -0.000000000000000111. The highest BCUT2D eigenvalue weighted by molar-refractivity contribution is 14.1. The topological polar surface area (TPSA) is 9.23 Å². The van der Waals surface area contributed by atoms with Gasteiger partial charge in [0, 0.05) is 16.0 Å². The lowest BCUT2D eigenvalue weighted by atomic mass is 10.2. The Kier molecular flexibility index (Phi) is 3.19. The smallest absolute Gasteiger partial charge is 0.132 e. The Morgan fingerprint density at radius 1 is 1.50 bits per heavy atom. The molecule has 1 aromatic heterocycles. The Morgan fingerprint density at radius 3 is 2.93 bits per heavy atom. The molecule has 14 heavy (non-hydrogen) atoms. The van der Waals surface area contributed by atoms with Gasteiger partial charge in [0.15, 0.2) is 0 Å². The first-order chi connectivity index (χ1) is 6.77. The van der Waals surface area contributed by atoms with Gasteiger partial charge in [0.25, 0.3) is 0 Å². The minimum Gasteiger partial charge on any atom is -0.496 e. The summed E-state index contributed by atoms with van der Waals surface area (Å²) in [7, 11) is 1.69. The summed E-state index contributed by atoms with van der Waals surface area (Å²) in [4.78, 5) is 0. The van der Waals surface area contributed by atoms with Crippen LogP contribution in [0.15, 0.2) is 17.5 Å². The van der Waals surface area contributed by atoms with Crippen molar-refractivity contribution in [1.29, 1.82) is 0 Å². The Labute approximate surface area is 105 Å². The van der Waals surface area contributed by atoms with Crippen molar-refractivity contribution in [3.05, 3.63) is 26.6 Å². The lowest BCUT2D eigenvalue weighted by molar-refractivity contribution is 0.412. The third-order valence-electron chi connectivity index (χ3n) is 2.08. The van der Waals surface area contributed by atoms with Crippen LogP contribution in [0.1, 0.15) is 5.56 Å². The van der Waals surface area contributed by atoms with Gasteiger partial charge in [0.05, 0.1) is 10.7 Å². The van der Waals surface area contributed by atoms with Crippen LogP contribution in [-0.4, -0.2) is 7.11 Å². The van der Waals surface area contributed by atoms with Gasteiger partial charge < -0.3 is 4.74 Å². The lowest BCUT2D eigenvalue weighted by Gasteiger charge is -2.04. The van der Waals surface area contributed by atoms with Crippen molar-refractivity contribution in [2.45, 2.75) is 5.88 Å². The highest BCUT2D eigenvalue weighted by Gasteiger charge is 2.10. The van der Waals surface area contributed by atoms with Crippen molar-refractivity contribution < 1.29 is 4.74 Å². The van der Waals surface area contributed by atoms with E-state index < -0.39 is 0 Å². The number of halogens is 2. The quantitative estimate of drug-likeness (QED) is 0.587. The van der Waals surface area contributed by atoms with Crippen molar-refractivity contribution in [3.8, 4) is 5.75 Å². The molecule has 1 nitrogen and oxygen atoms in total. The Bertz CT molecular complexity index is 466. The third-order valence-corrected chi connectivity index (χ3v) is 4.44. The predicted octanol–water partition coefficient (Wildman–Crippen LogP) is 4.25. The van der Waals surface area contributed by atoms with E-state index in [4.69, 9.17) is 16.3 Å². The lowest BCUT2D eigenvalue weighted by Crippen LogP contribution is -1.87. The summed E-state index contributed by atoms with van der Waals surface area (Å²) >= 11 is 9.91. The molecule has 0 atom stereocenters. The number of benzene rings is 1. The van der Waals surface area contributed by atoms with E-state index in [0.29, 0.717) is 5.88 Å². The van der Waals surface area contributed by atoms with Gasteiger partial charge in [-0.1, -0.05) is 0 Å². The summed E-state index contributed by atoms with van der Waals surface area (Å²) in [5.74, 6) is 1.48. The zero-order valence-corrected chi connectivity index (χ0v) is 11.2. The average Bonchev–Trinajstić information content (AvgIpc) is 2.62. The minimum absolute atomic E-state index is 0.559. The molecule has 0 N–H and O–H groups in total. The molecule has 0 fully saturated rings. The summed E-state index contributed by atoms with van der Waals surface area (Å²) in [5.41, 5.74) is 1.19. The van der Waals surface area contributed by atoms with Crippen LogP contribution in [0.4, 0.5) is 0 Å². The van der Waals surface area contributed by atoms with Gasteiger partial charge >= 0.3 is 0 Å². The second kappa shape index (κ2) is 4.24. The van der Waals surface area contributed by atoms with Crippen LogP contribution < -0.4 is 4.74 Å². The fourth-order valence-corrected chi connectivity index (χ4v) is 3.88. The molecule has 0 aliphatic rings. The molecule has 2 aromatic rings.